The fourth-order valence-corrected chi connectivity index (χ4v) is 4.40. The number of amides is 3. The summed E-state index contributed by atoms with van der Waals surface area (Å²) >= 11 is 0. The Kier molecular flexibility index (Phi) is 6.59. The van der Waals surface area contributed by atoms with Crippen LogP contribution in [0.25, 0.3) is 0 Å². The molecule has 0 atom stereocenters. The summed E-state index contributed by atoms with van der Waals surface area (Å²) in [6, 6.07) is 9.82. The van der Waals surface area contributed by atoms with Gasteiger partial charge in [-0.2, -0.15) is 0 Å². The number of aromatic nitrogens is 1. The van der Waals surface area contributed by atoms with Crippen molar-refractivity contribution in [3.05, 3.63) is 54.1 Å². The summed E-state index contributed by atoms with van der Waals surface area (Å²) in [6.07, 6.45) is 9.05. The lowest BCUT2D eigenvalue weighted by Crippen LogP contribution is -2.50. The largest absolute Gasteiger partial charge is 0.353 e. The summed E-state index contributed by atoms with van der Waals surface area (Å²) in [5.74, 6) is -0.427. The summed E-state index contributed by atoms with van der Waals surface area (Å²) in [5, 5.41) is 2.80. The summed E-state index contributed by atoms with van der Waals surface area (Å²) in [5.41, 5.74) is 1.48. The molecule has 0 saturated heterocycles. The van der Waals surface area contributed by atoms with Crippen molar-refractivity contribution in [2.75, 3.05) is 11.9 Å². The van der Waals surface area contributed by atoms with Crippen molar-refractivity contribution in [3.63, 3.8) is 0 Å². The smallest absolute Gasteiger partial charge is 0.322 e. The van der Waals surface area contributed by atoms with Gasteiger partial charge in [0.25, 0.3) is 0 Å². The van der Waals surface area contributed by atoms with Gasteiger partial charge in [0, 0.05) is 36.7 Å². The average molecular weight is 427 g/mol. The second-order valence-corrected chi connectivity index (χ2v) is 8.72. The molecule has 31 heavy (non-hydrogen) atoms. The molecule has 6 nitrogen and oxygen atoms in total. The molecule has 2 aromatic rings. The Balaban J connectivity index is 1.49. The molecular weight excluding hydrogens is 395 g/mol. The Morgan fingerprint density at radius 3 is 2.42 bits per heavy atom. The van der Waals surface area contributed by atoms with Crippen LogP contribution in [0.3, 0.4) is 0 Å². The molecule has 2 aliphatic carbocycles. The quantitative estimate of drug-likeness (QED) is 0.708. The number of carbonyl (C=O) groups is 2. The molecule has 0 radical (unpaired) electrons. The van der Waals surface area contributed by atoms with Gasteiger partial charge in [-0.3, -0.25) is 4.79 Å². The number of hydrogen-bond donors (Lipinski definition) is 1. The summed E-state index contributed by atoms with van der Waals surface area (Å²) in [7, 11) is 1.98. The molecule has 3 amide bonds. The summed E-state index contributed by atoms with van der Waals surface area (Å²) in [4.78, 5) is 30.1. The number of nitrogens with zero attached hydrogens (tertiary/aromatic N) is 3. The lowest BCUT2D eigenvalue weighted by Gasteiger charge is -2.35. The summed E-state index contributed by atoms with van der Waals surface area (Å²) < 4.78 is 15.6. The minimum absolute atomic E-state index is 0.0244. The maximum Gasteiger partial charge on any atom is 0.322 e. The van der Waals surface area contributed by atoms with E-state index in [1.807, 2.05) is 34.8 Å². The molecule has 1 N–H and O–H groups in total. The molecule has 4 rings (SSSR count). The third-order valence-corrected chi connectivity index (χ3v) is 6.35. The third kappa shape index (κ3) is 5.46. The van der Waals surface area contributed by atoms with Crippen LogP contribution in [0.4, 0.5) is 14.9 Å². The minimum Gasteiger partial charge on any atom is -0.353 e. The van der Waals surface area contributed by atoms with Gasteiger partial charge in [0.1, 0.15) is 12.4 Å². The Labute approximate surface area is 183 Å². The standard InChI is InChI=1S/C24H31FN4O2/c1-27-14-6-11-22(27)16-28(21-12-13-21)23(30)17-29(20-9-3-2-4-10-20)24(31)26-19-8-5-7-18(25)15-19/h5-8,11,14-15,20-21H,2-4,9-10,12-13,16-17H2,1H3,(H,26,31). The number of anilines is 1. The molecule has 2 saturated carbocycles. The molecule has 1 heterocycles. The van der Waals surface area contributed by atoms with E-state index in [1.165, 1.54) is 12.1 Å². The average Bonchev–Trinajstić information content (AvgIpc) is 3.52. The van der Waals surface area contributed by atoms with Gasteiger partial charge in [0.05, 0.1) is 6.54 Å². The summed E-state index contributed by atoms with van der Waals surface area (Å²) in [6.45, 7) is 0.601. The van der Waals surface area contributed by atoms with Gasteiger partial charge in [0.15, 0.2) is 0 Å². The van der Waals surface area contributed by atoms with Gasteiger partial charge in [-0.15, -0.1) is 0 Å². The van der Waals surface area contributed by atoms with Crippen molar-refractivity contribution in [1.29, 1.82) is 0 Å². The molecule has 2 fully saturated rings. The fourth-order valence-electron chi connectivity index (χ4n) is 4.40. The highest BCUT2D eigenvalue weighted by Crippen LogP contribution is 2.30. The zero-order chi connectivity index (χ0) is 21.8. The van der Waals surface area contributed by atoms with Crippen LogP contribution >= 0.6 is 0 Å². The fraction of sp³-hybridized carbons (Fsp3) is 0.500. The van der Waals surface area contributed by atoms with Crippen molar-refractivity contribution in [2.45, 2.75) is 63.6 Å². The lowest BCUT2D eigenvalue weighted by atomic mass is 9.94. The van der Waals surface area contributed by atoms with E-state index in [1.54, 1.807) is 17.0 Å². The SMILES string of the molecule is Cn1cccc1CN(C(=O)CN(C(=O)Nc1cccc(F)c1)C1CCCCC1)C1CC1. The van der Waals surface area contributed by atoms with Crippen LogP contribution < -0.4 is 5.32 Å². The Morgan fingerprint density at radius 1 is 1.03 bits per heavy atom. The minimum atomic E-state index is -0.402. The normalized spacial score (nSPS) is 16.7. The van der Waals surface area contributed by atoms with Crippen LogP contribution in [0.5, 0.6) is 0 Å². The molecule has 0 bridgehead atoms. The molecule has 0 aliphatic heterocycles. The van der Waals surface area contributed by atoms with Crippen LogP contribution in [0.15, 0.2) is 42.6 Å². The van der Waals surface area contributed by atoms with Gasteiger partial charge < -0.3 is 19.7 Å². The van der Waals surface area contributed by atoms with E-state index in [-0.39, 0.29) is 30.6 Å². The first-order chi connectivity index (χ1) is 15.0. The second kappa shape index (κ2) is 9.54. The van der Waals surface area contributed by atoms with Crippen LogP contribution in [0.1, 0.15) is 50.6 Å². The van der Waals surface area contributed by atoms with E-state index in [9.17, 15) is 14.0 Å². The number of halogens is 1. The zero-order valence-corrected chi connectivity index (χ0v) is 18.1. The van der Waals surface area contributed by atoms with Crippen LogP contribution in [0, 0.1) is 5.82 Å². The zero-order valence-electron chi connectivity index (χ0n) is 18.1. The first kappa shape index (κ1) is 21.4. The lowest BCUT2D eigenvalue weighted by molar-refractivity contribution is -0.133. The van der Waals surface area contributed by atoms with Gasteiger partial charge in [0.2, 0.25) is 5.91 Å². The number of rotatable bonds is 7. The second-order valence-electron chi connectivity index (χ2n) is 8.72. The maximum atomic E-state index is 13.6. The predicted octanol–water partition coefficient (Wildman–Crippen LogP) is 4.52. The topological polar surface area (TPSA) is 57.6 Å². The number of aryl methyl sites for hydroxylation is 1. The molecule has 1 aromatic carbocycles. The van der Waals surface area contributed by atoms with Crippen LogP contribution in [-0.2, 0) is 18.4 Å². The van der Waals surface area contributed by atoms with Crippen molar-refractivity contribution in [3.8, 4) is 0 Å². The molecule has 2 aliphatic rings. The highest BCUT2D eigenvalue weighted by atomic mass is 19.1. The molecule has 166 valence electrons. The van der Waals surface area contributed by atoms with E-state index in [2.05, 4.69) is 5.32 Å². The maximum absolute atomic E-state index is 13.6. The molecule has 0 unspecified atom stereocenters. The third-order valence-electron chi connectivity index (χ3n) is 6.35. The van der Waals surface area contributed by atoms with Crippen LogP contribution in [0.2, 0.25) is 0 Å². The van der Waals surface area contributed by atoms with E-state index < -0.39 is 5.82 Å². The van der Waals surface area contributed by atoms with Crippen molar-refractivity contribution in [2.24, 2.45) is 7.05 Å². The van der Waals surface area contributed by atoms with E-state index in [4.69, 9.17) is 0 Å². The van der Waals surface area contributed by atoms with Crippen molar-refractivity contribution in [1.82, 2.24) is 14.4 Å². The number of carbonyl (C=O) groups excluding carboxylic acids is 2. The van der Waals surface area contributed by atoms with Gasteiger partial charge >= 0.3 is 6.03 Å². The van der Waals surface area contributed by atoms with E-state index in [0.717, 1.165) is 50.6 Å². The Morgan fingerprint density at radius 2 is 1.77 bits per heavy atom. The number of benzene rings is 1. The molecule has 7 heteroatoms. The van der Waals surface area contributed by atoms with Gasteiger partial charge in [-0.1, -0.05) is 25.3 Å². The highest BCUT2D eigenvalue weighted by Gasteiger charge is 2.36. The predicted molar refractivity (Wildman–Crippen MR) is 118 cm³/mol. The number of hydrogen-bond acceptors (Lipinski definition) is 2. The van der Waals surface area contributed by atoms with E-state index in [0.29, 0.717) is 12.2 Å². The molecular formula is C24H31FN4O2. The molecule has 0 spiro atoms. The Hall–Kier alpha value is -2.83. The van der Waals surface area contributed by atoms with E-state index >= 15 is 0 Å². The van der Waals surface area contributed by atoms with Crippen LogP contribution in [-0.4, -0.2) is 44.9 Å². The number of nitrogens with one attached hydrogen (secondary N) is 1. The first-order valence-electron chi connectivity index (χ1n) is 11.2. The first-order valence-corrected chi connectivity index (χ1v) is 11.2. The van der Waals surface area contributed by atoms with Crippen molar-refractivity contribution >= 4 is 17.6 Å². The number of urea groups is 1. The monoisotopic (exact) mass is 426 g/mol. The molecule has 1 aromatic heterocycles. The van der Waals surface area contributed by atoms with Gasteiger partial charge in [-0.05, 0) is 56.0 Å². The van der Waals surface area contributed by atoms with Crippen molar-refractivity contribution < 1.29 is 14.0 Å². The Bertz CT molecular complexity index is 918. The van der Waals surface area contributed by atoms with Gasteiger partial charge in [-0.25, -0.2) is 9.18 Å². The highest BCUT2D eigenvalue weighted by molar-refractivity contribution is 5.92.